The van der Waals surface area contributed by atoms with Crippen LogP contribution in [0.25, 0.3) is 11.1 Å². The molecule has 0 aliphatic heterocycles. The zero-order valence-corrected chi connectivity index (χ0v) is 10.8. The van der Waals surface area contributed by atoms with E-state index in [4.69, 9.17) is 5.73 Å². The van der Waals surface area contributed by atoms with E-state index in [1.807, 2.05) is 24.3 Å². The highest BCUT2D eigenvalue weighted by Crippen LogP contribution is 2.21. The van der Waals surface area contributed by atoms with Crippen LogP contribution in [0.1, 0.15) is 0 Å². The topological polar surface area (TPSA) is 63.8 Å². The van der Waals surface area contributed by atoms with E-state index in [0.717, 1.165) is 15.6 Å². The average molecular weight is 293 g/mol. The predicted molar refractivity (Wildman–Crippen MR) is 72.7 cm³/mol. The fourth-order valence-electron chi connectivity index (χ4n) is 1.42. The summed E-state index contributed by atoms with van der Waals surface area (Å²) in [5, 5.41) is 3.03. The summed E-state index contributed by atoms with van der Waals surface area (Å²) < 4.78 is 1.04. The molecule has 2 aromatic rings. The Hall–Kier alpha value is -1.46. The Morgan fingerprint density at radius 1 is 1.18 bits per heavy atom. The van der Waals surface area contributed by atoms with Crippen LogP contribution in [0.3, 0.4) is 0 Å². The van der Waals surface area contributed by atoms with E-state index in [0.29, 0.717) is 19.0 Å². The van der Waals surface area contributed by atoms with Crippen LogP contribution < -0.4 is 11.1 Å². The Labute approximate surface area is 108 Å². The summed E-state index contributed by atoms with van der Waals surface area (Å²) in [4.78, 5) is 8.46. The normalized spacial score (nSPS) is 10.2. The second-order valence-electron chi connectivity index (χ2n) is 3.52. The number of benzene rings is 1. The first-order valence-corrected chi connectivity index (χ1v) is 6.11. The predicted octanol–water partition coefficient (Wildman–Crippen LogP) is 2.28. The lowest BCUT2D eigenvalue weighted by molar-refractivity contribution is 0.990. The van der Waals surface area contributed by atoms with Crippen molar-refractivity contribution < 1.29 is 0 Å². The molecule has 0 aliphatic carbocycles. The van der Waals surface area contributed by atoms with Crippen molar-refractivity contribution in [3.63, 3.8) is 0 Å². The SMILES string of the molecule is NCCNc1ncc(-c2cccc(Br)c2)cn1. The van der Waals surface area contributed by atoms with E-state index in [2.05, 4.69) is 31.2 Å². The Morgan fingerprint density at radius 2 is 1.94 bits per heavy atom. The molecule has 1 heterocycles. The van der Waals surface area contributed by atoms with E-state index in [1.165, 1.54) is 0 Å². The van der Waals surface area contributed by atoms with Crippen molar-refractivity contribution in [2.75, 3.05) is 18.4 Å². The maximum Gasteiger partial charge on any atom is 0.222 e. The second kappa shape index (κ2) is 5.75. The molecule has 88 valence electrons. The van der Waals surface area contributed by atoms with Crippen LogP contribution in [0.4, 0.5) is 5.95 Å². The first-order chi connectivity index (χ1) is 8.29. The third-order valence-corrected chi connectivity index (χ3v) is 2.73. The summed E-state index contributed by atoms with van der Waals surface area (Å²) >= 11 is 3.44. The minimum Gasteiger partial charge on any atom is -0.353 e. The summed E-state index contributed by atoms with van der Waals surface area (Å²) in [6.45, 7) is 1.24. The third-order valence-electron chi connectivity index (χ3n) is 2.24. The lowest BCUT2D eigenvalue weighted by atomic mass is 10.1. The molecule has 3 N–H and O–H groups in total. The van der Waals surface area contributed by atoms with Crippen LogP contribution in [0, 0.1) is 0 Å². The molecule has 1 aromatic heterocycles. The zero-order chi connectivity index (χ0) is 12.1. The molecule has 2 rings (SSSR count). The molecule has 0 spiro atoms. The molecule has 0 amide bonds. The molecule has 0 bridgehead atoms. The van der Waals surface area contributed by atoms with Gasteiger partial charge in [0, 0.05) is 35.5 Å². The highest BCUT2D eigenvalue weighted by molar-refractivity contribution is 9.10. The van der Waals surface area contributed by atoms with Crippen molar-refractivity contribution in [3.05, 3.63) is 41.1 Å². The van der Waals surface area contributed by atoms with E-state index in [9.17, 15) is 0 Å². The fourth-order valence-corrected chi connectivity index (χ4v) is 1.82. The van der Waals surface area contributed by atoms with Gasteiger partial charge < -0.3 is 11.1 Å². The van der Waals surface area contributed by atoms with Crippen molar-refractivity contribution in [2.45, 2.75) is 0 Å². The van der Waals surface area contributed by atoms with Gasteiger partial charge in [0.1, 0.15) is 0 Å². The van der Waals surface area contributed by atoms with Gasteiger partial charge in [-0.05, 0) is 17.7 Å². The van der Waals surface area contributed by atoms with Gasteiger partial charge in [0.15, 0.2) is 0 Å². The molecule has 0 saturated carbocycles. The Bertz CT molecular complexity index is 484. The average Bonchev–Trinajstić information content (AvgIpc) is 2.37. The molecule has 17 heavy (non-hydrogen) atoms. The molecule has 0 saturated heterocycles. The molecule has 0 radical (unpaired) electrons. The van der Waals surface area contributed by atoms with Crippen LogP contribution in [-0.2, 0) is 0 Å². The summed E-state index contributed by atoms with van der Waals surface area (Å²) in [5.74, 6) is 0.606. The number of aromatic nitrogens is 2. The Kier molecular flexibility index (Phi) is 4.06. The minimum atomic E-state index is 0.566. The van der Waals surface area contributed by atoms with Gasteiger partial charge in [-0.25, -0.2) is 9.97 Å². The molecule has 0 atom stereocenters. The summed E-state index contributed by atoms with van der Waals surface area (Å²) in [5.41, 5.74) is 7.47. The standard InChI is InChI=1S/C12H13BrN4/c13-11-3-1-2-9(6-11)10-7-16-12(17-8-10)15-5-4-14/h1-3,6-8H,4-5,14H2,(H,15,16,17). The second-order valence-corrected chi connectivity index (χ2v) is 4.44. The molecule has 0 aliphatic rings. The molecule has 5 heteroatoms. The van der Waals surface area contributed by atoms with Crippen LogP contribution in [0.5, 0.6) is 0 Å². The van der Waals surface area contributed by atoms with Crippen LogP contribution in [0.15, 0.2) is 41.1 Å². The van der Waals surface area contributed by atoms with Gasteiger partial charge in [-0.1, -0.05) is 28.1 Å². The Morgan fingerprint density at radius 3 is 2.59 bits per heavy atom. The molecule has 0 unspecified atom stereocenters. The minimum absolute atomic E-state index is 0.566. The maximum atomic E-state index is 5.39. The van der Waals surface area contributed by atoms with Gasteiger partial charge in [-0.3, -0.25) is 0 Å². The van der Waals surface area contributed by atoms with Crippen LogP contribution >= 0.6 is 15.9 Å². The van der Waals surface area contributed by atoms with Crippen molar-refractivity contribution in [1.29, 1.82) is 0 Å². The quantitative estimate of drug-likeness (QED) is 0.907. The zero-order valence-electron chi connectivity index (χ0n) is 9.23. The third kappa shape index (κ3) is 3.25. The van der Waals surface area contributed by atoms with E-state index < -0.39 is 0 Å². The summed E-state index contributed by atoms with van der Waals surface area (Å²) in [6.07, 6.45) is 3.60. The number of nitrogens with one attached hydrogen (secondary N) is 1. The highest BCUT2D eigenvalue weighted by Gasteiger charge is 2.00. The van der Waals surface area contributed by atoms with E-state index in [-0.39, 0.29) is 0 Å². The number of hydrogen-bond donors (Lipinski definition) is 2. The largest absolute Gasteiger partial charge is 0.353 e. The van der Waals surface area contributed by atoms with Gasteiger partial charge in [0.25, 0.3) is 0 Å². The van der Waals surface area contributed by atoms with Crippen LogP contribution in [0.2, 0.25) is 0 Å². The fraction of sp³-hybridized carbons (Fsp3) is 0.167. The van der Waals surface area contributed by atoms with Crippen molar-refractivity contribution >= 4 is 21.9 Å². The number of rotatable bonds is 4. The maximum absolute atomic E-state index is 5.39. The Balaban J connectivity index is 2.17. The summed E-state index contributed by atoms with van der Waals surface area (Å²) in [6, 6.07) is 8.03. The van der Waals surface area contributed by atoms with E-state index in [1.54, 1.807) is 12.4 Å². The first kappa shape index (κ1) is 12.0. The van der Waals surface area contributed by atoms with E-state index >= 15 is 0 Å². The number of hydrogen-bond acceptors (Lipinski definition) is 4. The molecular weight excluding hydrogens is 280 g/mol. The van der Waals surface area contributed by atoms with Gasteiger partial charge in [-0.15, -0.1) is 0 Å². The molecular formula is C12H13BrN4. The van der Waals surface area contributed by atoms with Crippen molar-refractivity contribution in [3.8, 4) is 11.1 Å². The van der Waals surface area contributed by atoms with Crippen LogP contribution in [-0.4, -0.2) is 23.1 Å². The number of halogens is 1. The molecule has 0 fully saturated rings. The molecule has 1 aromatic carbocycles. The van der Waals surface area contributed by atoms with Crippen molar-refractivity contribution in [2.24, 2.45) is 5.73 Å². The van der Waals surface area contributed by atoms with Gasteiger partial charge in [0.05, 0.1) is 0 Å². The first-order valence-electron chi connectivity index (χ1n) is 5.31. The lowest BCUT2D eigenvalue weighted by Gasteiger charge is -2.04. The monoisotopic (exact) mass is 292 g/mol. The number of anilines is 1. The number of nitrogens with two attached hydrogens (primary N) is 1. The highest BCUT2D eigenvalue weighted by atomic mass is 79.9. The molecule has 4 nitrogen and oxygen atoms in total. The number of nitrogens with zero attached hydrogens (tertiary/aromatic N) is 2. The van der Waals surface area contributed by atoms with Gasteiger partial charge >= 0.3 is 0 Å². The van der Waals surface area contributed by atoms with Crippen molar-refractivity contribution in [1.82, 2.24) is 9.97 Å². The summed E-state index contributed by atoms with van der Waals surface area (Å²) in [7, 11) is 0. The lowest BCUT2D eigenvalue weighted by Crippen LogP contribution is -2.14. The smallest absolute Gasteiger partial charge is 0.222 e. The van der Waals surface area contributed by atoms with Gasteiger partial charge in [0.2, 0.25) is 5.95 Å². The van der Waals surface area contributed by atoms with Gasteiger partial charge in [-0.2, -0.15) is 0 Å².